The molecule has 0 saturated heterocycles. The Morgan fingerprint density at radius 2 is 2.00 bits per heavy atom. The lowest BCUT2D eigenvalue weighted by Crippen LogP contribution is -2.44. The number of carbonyl (C=O) groups is 1. The molecule has 0 unspecified atom stereocenters. The smallest absolute Gasteiger partial charge is 0.232 e. The zero-order chi connectivity index (χ0) is 15.5. The third-order valence-corrected chi connectivity index (χ3v) is 5.71. The first-order chi connectivity index (χ1) is 9.88. The molecule has 0 aromatic heterocycles. The third-order valence-electron chi connectivity index (χ3n) is 3.64. The molecule has 1 aromatic carbocycles. The molecule has 0 aliphatic heterocycles. The average Bonchev–Trinajstić information content (AvgIpc) is 2.88. The maximum atomic E-state index is 12.6. The molecule has 1 aliphatic rings. The number of benzene rings is 1. The summed E-state index contributed by atoms with van der Waals surface area (Å²) in [5, 5.41) is 0.491. The Hall–Kier alpha value is -1.11. The fourth-order valence-corrected chi connectivity index (χ4v) is 4.69. The average molecular weight is 331 g/mol. The van der Waals surface area contributed by atoms with Crippen LogP contribution < -0.4 is 5.73 Å². The minimum absolute atomic E-state index is 0.123. The van der Waals surface area contributed by atoms with Crippen molar-refractivity contribution in [2.75, 3.05) is 6.54 Å². The number of halogens is 1. The van der Waals surface area contributed by atoms with E-state index in [4.69, 9.17) is 17.3 Å². The number of rotatable bonds is 6. The Balaban J connectivity index is 2.22. The molecule has 0 heterocycles. The van der Waals surface area contributed by atoms with E-state index in [0.29, 0.717) is 10.6 Å². The monoisotopic (exact) mass is 330 g/mol. The van der Waals surface area contributed by atoms with E-state index in [2.05, 4.69) is 0 Å². The standard InChI is InChI=1S/C14H19ClN2O3S/c15-12-5-3-4-11(8-12)10-21(19,20)17(9-14(16)18)13-6-1-2-7-13/h3-5,8,13H,1-2,6-7,9-10H2,(H2,16,18). The topological polar surface area (TPSA) is 80.5 Å². The van der Waals surface area contributed by atoms with Gasteiger partial charge in [-0.3, -0.25) is 4.79 Å². The van der Waals surface area contributed by atoms with E-state index in [-0.39, 0.29) is 18.3 Å². The Morgan fingerprint density at radius 1 is 1.33 bits per heavy atom. The number of amides is 1. The largest absolute Gasteiger partial charge is 0.369 e. The molecule has 0 radical (unpaired) electrons. The second-order valence-corrected chi connectivity index (χ2v) is 7.69. The molecule has 5 nitrogen and oxygen atoms in total. The molecule has 1 amide bonds. The van der Waals surface area contributed by atoms with Gasteiger partial charge in [0, 0.05) is 11.1 Å². The molecule has 116 valence electrons. The first-order valence-corrected chi connectivity index (χ1v) is 8.89. The predicted octanol–water partition coefficient (Wildman–Crippen LogP) is 1.90. The summed E-state index contributed by atoms with van der Waals surface area (Å²) in [4.78, 5) is 11.2. The van der Waals surface area contributed by atoms with Crippen LogP contribution in [0, 0.1) is 0 Å². The number of hydrogen-bond acceptors (Lipinski definition) is 3. The molecule has 0 bridgehead atoms. The van der Waals surface area contributed by atoms with Crippen LogP contribution in [0.3, 0.4) is 0 Å². The number of carbonyl (C=O) groups excluding carboxylic acids is 1. The van der Waals surface area contributed by atoms with Gasteiger partial charge in [-0.25, -0.2) is 8.42 Å². The van der Waals surface area contributed by atoms with Crippen LogP contribution >= 0.6 is 11.6 Å². The van der Waals surface area contributed by atoms with Crippen LogP contribution in [0.2, 0.25) is 5.02 Å². The van der Waals surface area contributed by atoms with E-state index in [0.717, 1.165) is 25.7 Å². The van der Waals surface area contributed by atoms with Gasteiger partial charge in [0.2, 0.25) is 15.9 Å². The van der Waals surface area contributed by atoms with E-state index >= 15 is 0 Å². The first kappa shape index (κ1) is 16.3. The Morgan fingerprint density at radius 3 is 2.57 bits per heavy atom. The lowest BCUT2D eigenvalue weighted by molar-refractivity contribution is -0.118. The fourth-order valence-electron chi connectivity index (χ4n) is 2.72. The van der Waals surface area contributed by atoms with Crippen molar-refractivity contribution in [2.24, 2.45) is 5.73 Å². The molecule has 1 aliphatic carbocycles. The summed E-state index contributed by atoms with van der Waals surface area (Å²) in [5.41, 5.74) is 5.82. The Bertz CT molecular complexity index is 612. The zero-order valence-electron chi connectivity index (χ0n) is 11.7. The quantitative estimate of drug-likeness (QED) is 0.865. The van der Waals surface area contributed by atoms with Crippen molar-refractivity contribution in [3.05, 3.63) is 34.9 Å². The van der Waals surface area contributed by atoms with Crippen LogP contribution in [-0.4, -0.2) is 31.2 Å². The van der Waals surface area contributed by atoms with Crippen molar-refractivity contribution >= 4 is 27.5 Å². The number of hydrogen-bond donors (Lipinski definition) is 1. The summed E-state index contributed by atoms with van der Waals surface area (Å²) < 4.78 is 26.5. The lowest BCUT2D eigenvalue weighted by Gasteiger charge is -2.26. The van der Waals surface area contributed by atoms with E-state index in [1.165, 1.54) is 4.31 Å². The molecule has 1 aromatic rings. The van der Waals surface area contributed by atoms with Crippen LogP contribution in [0.4, 0.5) is 0 Å². The van der Waals surface area contributed by atoms with Gasteiger partial charge in [0.05, 0.1) is 12.3 Å². The van der Waals surface area contributed by atoms with Crippen molar-refractivity contribution < 1.29 is 13.2 Å². The van der Waals surface area contributed by atoms with Gasteiger partial charge < -0.3 is 5.73 Å². The predicted molar refractivity (Wildman–Crippen MR) is 82.2 cm³/mol. The van der Waals surface area contributed by atoms with Gasteiger partial charge in [0.1, 0.15) is 0 Å². The summed E-state index contributed by atoms with van der Waals surface area (Å²) in [6, 6.07) is 6.61. The van der Waals surface area contributed by atoms with Crippen LogP contribution in [0.25, 0.3) is 0 Å². The zero-order valence-corrected chi connectivity index (χ0v) is 13.2. The first-order valence-electron chi connectivity index (χ1n) is 6.91. The maximum absolute atomic E-state index is 12.6. The van der Waals surface area contributed by atoms with Gasteiger partial charge in [-0.1, -0.05) is 36.6 Å². The molecule has 0 spiro atoms. The van der Waals surface area contributed by atoms with Crippen molar-refractivity contribution in [3.63, 3.8) is 0 Å². The second-order valence-electron chi connectivity index (χ2n) is 5.34. The highest BCUT2D eigenvalue weighted by Crippen LogP contribution is 2.27. The van der Waals surface area contributed by atoms with Crippen LogP contribution in [-0.2, 0) is 20.6 Å². The van der Waals surface area contributed by atoms with E-state index in [1.807, 2.05) is 0 Å². The van der Waals surface area contributed by atoms with Gasteiger partial charge in [-0.2, -0.15) is 4.31 Å². The lowest BCUT2D eigenvalue weighted by atomic mass is 10.2. The number of sulfonamides is 1. The molecular weight excluding hydrogens is 312 g/mol. The minimum atomic E-state index is -3.60. The Labute approximate surface area is 130 Å². The summed E-state index contributed by atoms with van der Waals surface area (Å²) in [6.45, 7) is -0.256. The molecule has 7 heteroatoms. The second kappa shape index (κ2) is 6.77. The van der Waals surface area contributed by atoms with Gasteiger partial charge in [-0.15, -0.1) is 0 Å². The van der Waals surface area contributed by atoms with Gasteiger partial charge >= 0.3 is 0 Å². The van der Waals surface area contributed by atoms with E-state index in [1.54, 1.807) is 24.3 Å². The summed E-state index contributed by atoms with van der Waals surface area (Å²) in [5.74, 6) is -0.797. The van der Waals surface area contributed by atoms with Crippen LogP contribution in [0.1, 0.15) is 31.2 Å². The molecule has 1 fully saturated rings. The molecular formula is C14H19ClN2O3S. The Kier molecular flexibility index (Phi) is 5.24. The van der Waals surface area contributed by atoms with Crippen LogP contribution in [0.15, 0.2) is 24.3 Å². The highest BCUT2D eigenvalue weighted by molar-refractivity contribution is 7.88. The molecule has 0 atom stereocenters. The highest BCUT2D eigenvalue weighted by Gasteiger charge is 2.33. The molecule has 2 rings (SSSR count). The summed E-state index contributed by atoms with van der Waals surface area (Å²) in [7, 11) is -3.60. The van der Waals surface area contributed by atoms with Crippen molar-refractivity contribution in [1.29, 1.82) is 0 Å². The summed E-state index contributed by atoms with van der Waals surface area (Å²) in [6.07, 6.45) is 3.52. The van der Waals surface area contributed by atoms with E-state index in [9.17, 15) is 13.2 Å². The van der Waals surface area contributed by atoms with Crippen LogP contribution in [0.5, 0.6) is 0 Å². The van der Waals surface area contributed by atoms with Crippen molar-refractivity contribution in [1.82, 2.24) is 4.31 Å². The number of nitrogens with two attached hydrogens (primary N) is 1. The maximum Gasteiger partial charge on any atom is 0.232 e. The van der Waals surface area contributed by atoms with Gasteiger partial charge in [0.25, 0.3) is 0 Å². The number of nitrogens with zero attached hydrogens (tertiary/aromatic N) is 1. The normalized spacial score (nSPS) is 16.5. The van der Waals surface area contributed by atoms with E-state index < -0.39 is 15.9 Å². The third kappa shape index (κ3) is 4.43. The highest BCUT2D eigenvalue weighted by atomic mass is 35.5. The van der Waals surface area contributed by atoms with Gasteiger partial charge in [-0.05, 0) is 30.5 Å². The molecule has 1 saturated carbocycles. The molecule has 2 N–H and O–H groups in total. The van der Waals surface area contributed by atoms with Crippen molar-refractivity contribution in [2.45, 2.75) is 37.5 Å². The number of primary amides is 1. The SMILES string of the molecule is NC(=O)CN(C1CCCC1)S(=O)(=O)Cc1cccc(Cl)c1. The summed E-state index contributed by atoms with van der Waals surface area (Å²) >= 11 is 5.88. The van der Waals surface area contributed by atoms with Crippen molar-refractivity contribution in [3.8, 4) is 0 Å². The molecule has 21 heavy (non-hydrogen) atoms. The minimum Gasteiger partial charge on any atom is -0.369 e. The van der Waals surface area contributed by atoms with Gasteiger partial charge in [0.15, 0.2) is 0 Å². The fraction of sp³-hybridized carbons (Fsp3) is 0.500.